The molecule has 0 radical (unpaired) electrons. The summed E-state index contributed by atoms with van der Waals surface area (Å²) in [6, 6.07) is 9.38. The molecule has 6 nitrogen and oxygen atoms in total. The lowest BCUT2D eigenvalue weighted by Gasteiger charge is -2.05. The zero-order valence-corrected chi connectivity index (χ0v) is 10.6. The summed E-state index contributed by atoms with van der Waals surface area (Å²) < 4.78 is 4.98. The van der Waals surface area contributed by atoms with Gasteiger partial charge in [-0.1, -0.05) is 28.5 Å². The molecule has 0 amide bonds. The van der Waals surface area contributed by atoms with E-state index in [9.17, 15) is 0 Å². The first-order valence-corrected chi connectivity index (χ1v) is 5.89. The third kappa shape index (κ3) is 3.56. The molecule has 19 heavy (non-hydrogen) atoms. The summed E-state index contributed by atoms with van der Waals surface area (Å²) in [7, 11) is 0. The zero-order valence-electron chi connectivity index (χ0n) is 10.6. The Kier molecular flexibility index (Phi) is 4.15. The van der Waals surface area contributed by atoms with E-state index in [0.717, 1.165) is 17.0 Å². The van der Waals surface area contributed by atoms with Gasteiger partial charge in [0.2, 0.25) is 0 Å². The molecule has 1 aromatic carbocycles. The second-order valence-electron chi connectivity index (χ2n) is 4.22. The molecule has 0 saturated heterocycles. The van der Waals surface area contributed by atoms with Crippen LogP contribution in [0.25, 0.3) is 0 Å². The van der Waals surface area contributed by atoms with Gasteiger partial charge in [-0.25, -0.2) is 0 Å². The number of nitrogens with one attached hydrogen (secondary N) is 1. The molecule has 0 unspecified atom stereocenters. The van der Waals surface area contributed by atoms with E-state index in [1.807, 2.05) is 31.2 Å². The summed E-state index contributed by atoms with van der Waals surface area (Å²) in [5.41, 5.74) is 8.15. The Balaban J connectivity index is 1.92. The third-order valence-electron chi connectivity index (χ3n) is 2.64. The maximum absolute atomic E-state index is 8.63. The largest absolute Gasteiger partial charge is 0.409 e. The summed E-state index contributed by atoms with van der Waals surface area (Å²) in [6.07, 6.45) is 0. The van der Waals surface area contributed by atoms with Gasteiger partial charge >= 0.3 is 0 Å². The van der Waals surface area contributed by atoms with Crippen LogP contribution in [-0.4, -0.2) is 16.2 Å². The summed E-state index contributed by atoms with van der Waals surface area (Å²) in [6.45, 7) is 3.15. The highest BCUT2D eigenvalue weighted by Gasteiger charge is 2.02. The third-order valence-corrected chi connectivity index (χ3v) is 2.64. The van der Waals surface area contributed by atoms with Gasteiger partial charge in [0, 0.05) is 24.7 Å². The number of benzene rings is 1. The van der Waals surface area contributed by atoms with Crippen LogP contribution in [-0.2, 0) is 13.1 Å². The molecule has 100 valence electrons. The fourth-order valence-electron chi connectivity index (χ4n) is 1.73. The molecule has 0 aliphatic rings. The van der Waals surface area contributed by atoms with Gasteiger partial charge in [0.05, 0.1) is 5.69 Å². The molecular weight excluding hydrogens is 244 g/mol. The van der Waals surface area contributed by atoms with E-state index >= 15 is 0 Å². The van der Waals surface area contributed by atoms with E-state index in [-0.39, 0.29) is 5.84 Å². The van der Waals surface area contributed by atoms with Gasteiger partial charge in [-0.3, -0.25) is 0 Å². The monoisotopic (exact) mass is 260 g/mol. The maximum atomic E-state index is 8.63. The Hall–Kier alpha value is -2.34. The quantitative estimate of drug-likeness (QED) is 0.326. The van der Waals surface area contributed by atoms with E-state index in [2.05, 4.69) is 15.6 Å². The normalized spacial score (nSPS) is 11.7. The van der Waals surface area contributed by atoms with Crippen molar-refractivity contribution in [2.24, 2.45) is 10.9 Å². The standard InChI is InChI=1S/C13H16N4O2/c1-9-5-12(17-19-9)8-15-7-10-3-2-4-11(6-10)13(14)16-18/h2-6,15,18H,7-8H2,1H3,(H2,14,16). The van der Waals surface area contributed by atoms with Gasteiger partial charge < -0.3 is 20.8 Å². The minimum atomic E-state index is 0.106. The fourth-order valence-corrected chi connectivity index (χ4v) is 1.73. The molecular formula is C13H16N4O2. The molecule has 0 saturated carbocycles. The zero-order chi connectivity index (χ0) is 13.7. The van der Waals surface area contributed by atoms with E-state index in [4.69, 9.17) is 15.5 Å². The van der Waals surface area contributed by atoms with Crippen LogP contribution in [0, 0.1) is 6.92 Å². The Labute approximate surface area is 110 Å². The minimum Gasteiger partial charge on any atom is -0.409 e. The van der Waals surface area contributed by atoms with Gasteiger partial charge in [0.15, 0.2) is 5.84 Å². The van der Waals surface area contributed by atoms with Gasteiger partial charge in [-0.05, 0) is 18.6 Å². The Bertz CT molecular complexity index is 578. The van der Waals surface area contributed by atoms with Gasteiger partial charge in [0.1, 0.15) is 5.76 Å². The molecule has 0 fully saturated rings. The van der Waals surface area contributed by atoms with E-state index in [0.29, 0.717) is 18.7 Å². The Morgan fingerprint density at radius 3 is 2.95 bits per heavy atom. The van der Waals surface area contributed by atoms with Crippen LogP contribution in [0.15, 0.2) is 40.0 Å². The number of hydrogen-bond acceptors (Lipinski definition) is 5. The second-order valence-corrected chi connectivity index (χ2v) is 4.22. The molecule has 2 rings (SSSR count). The number of oxime groups is 1. The van der Waals surface area contributed by atoms with Crippen LogP contribution in [0.5, 0.6) is 0 Å². The van der Waals surface area contributed by atoms with E-state index in [1.165, 1.54) is 0 Å². The number of amidine groups is 1. The van der Waals surface area contributed by atoms with Crippen LogP contribution in [0.4, 0.5) is 0 Å². The van der Waals surface area contributed by atoms with Crippen molar-refractivity contribution in [2.75, 3.05) is 0 Å². The average molecular weight is 260 g/mol. The van der Waals surface area contributed by atoms with E-state index in [1.54, 1.807) is 6.07 Å². The van der Waals surface area contributed by atoms with Crippen molar-refractivity contribution in [3.8, 4) is 0 Å². The lowest BCUT2D eigenvalue weighted by molar-refractivity contribution is 0.318. The van der Waals surface area contributed by atoms with Gasteiger partial charge in [-0.2, -0.15) is 0 Å². The number of nitrogens with two attached hydrogens (primary N) is 1. The van der Waals surface area contributed by atoms with Crippen molar-refractivity contribution in [1.82, 2.24) is 10.5 Å². The van der Waals surface area contributed by atoms with Crippen molar-refractivity contribution in [2.45, 2.75) is 20.0 Å². The van der Waals surface area contributed by atoms with Crippen LogP contribution in [0.2, 0.25) is 0 Å². The number of aryl methyl sites for hydroxylation is 1. The van der Waals surface area contributed by atoms with Gasteiger partial charge in [-0.15, -0.1) is 0 Å². The maximum Gasteiger partial charge on any atom is 0.170 e. The lowest BCUT2D eigenvalue weighted by atomic mass is 10.1. The lowest BCUT2D eigenvalue weighted by Crippen LogP contribution is -2.15. The summed E-state index contributed by atoms with van der Waals surface area (Å²) in [5.74, 6) is 0.903. The molecule has 6 heteroatoms. The van der Waals surface area contributed by atoms with Crippen LogP contribution in [0.3, 0.4) is 0 Å². The topological polar surface area (TPSA) is 96.7 Å². The number of hydrogen-bond donors (Lipinski definition) is 3. The first kappa shape index (κ1) is 13.1. The second kappa shape index (κ2) is 6.01. The molecule has 0 aliphatic heterocycles. The predicted molar refractivity (Wildman–Crippen MR) is 70.7 cm³/mol. The van der Waals surface area contributed by atoms with Crippen molar-refractivity contribution in [3.63, 3.8) is 0 Å². The highest BCUT2D eigenvalue weighted by molar-refractivity contribution is 5.97. The first-order valence-electron chi connectivity index (χ1n) is 5.89. The summed E-state index contributed by atoms with van der Waals surface area (Å²) in [5, 5.41) is 18.8. The summed E-state index contributed by atoms with van der Waals surface area (Å²) in [4.78, 5) is 0. The van der Waals surface area contributed by atoms with Crippen LogP contribution >= 0.6 is 0 Å². The highest BCUT2D eigenvalue weighted by atomic mass is 16.5. The molecule has 0 bridgehead atoms. The Morgan fingerprint density at radius 1 is 1.42 bits per heavy atom. The van der Waals surface area contributed by atoms with Gasteiger partial charge in [0.25, 0.3) is 0 Å². The molecule has 1 heterocycles. The van der Waals surface area contributed by atoms with Crippen molar-refractivity contribution >= 4 is 5.84 Å². The summed E-state index contributed by atoms with van der Waals surface area (Å²) >= 11 is 0. The molecule has 0 atom stereocenters. The molecule has 0 spiro atoms. The highest BCUT2D eigenvalue weighted by Crippen LogP contribution is 2.06. The molecule has 4 N–H and O–H groups in total. The van der Waals surface area contributed by atoms with Crippen LogP contribution in [0.1, 0.15) is 22.6 Å². The fraction of sp³-hybridized carbons (Fsp3) is 0.231. The Morgan fingerprint density at radius 2 is 2.26 bits per heavy atom. The SMILES string of the molecule is Cc1cc(CNCc2cccc(C(N)=NO)c2)no1. The predicted octanol–water partition coefficient (Wildman–Crippen LogP) is 1.37. The first-order chi connectivity index (χ1) is 9.19. The average Bonchev–Trinajstić information content (AvgIpc) is 2.84. The number of rotatable bonds is 5. The molecule has 1 aromatic heterocycles. The number of nitrogens with zero attached hydrogens (tertiary/aromatic N) is 2. The molecule has 0 aliphatic carbocycles. The van der Waals surface area contributed by atoms with Crippen LogP contribution < -0.4 is 11.1 Å². The molecule has 2 aromatic rings. The van der Waals surface area contributed by atoms with Crippen molar-refractivity contribution in [3.05, 3.63) is 52.9 Å². The van der Waals surface area contributed by atoms with E-state index < -0.39 is 0 Å². The minimum absolute atomic E-state index is 0.106. The smallest absolute Gasteiger partial charge is 0.170 e. The van der Waals surface area contributed by atoms with Crippen molar-refractivity contribution < 1.29 is 9.73 Å². The van der Waals surface area contributed by atoms with Crippen molar-refractivity contribution in [1.29, 1.82) is 0 Å². The number of aromatic nitrogens is 1.